The van der Waals surface area contributed by atoms with Gasteiger partial charge in [-0.15, -0.1) is 0 Å². The summed E-state index contributed by atoms with van der Waals surface area (Å²) < 4.78 is 5.85. The number of nitrogens with one attached hydrogen (secondary N) is 1. The van der Waals surface area contributed by atoms with E-state index in [-0.39, 0.29) is 17.7 Å². The topological polar surface area (TPSA) is 58.6 Å². The van der Waals surface area contributed by atoms with Gasteiger partial charge in [0.15, 0.2) is 6.10 Å². The quantitative estimate of drug-likeness (QED) is 0.545. The molecule has 2 aromatic rings. The zero-order chi connectivity index (χ0) is 23.4. The Labute approximate surface area is 197 Å². The molecule has 5 nitrogen and oxygen atoms in total. The number of nitrogens with zero attached hydrogens (tertiary/aromatic N) is 1. The summed E-state index contributed by atoms with van der Waals surface area (Å²) in [4.78, 5) is 27.7. The second-order valence-electron chi connectivity index (χ2n) is 9.70. The number of hydrogen-bond donors (Lipinski definition) is 1. The van der Waals surface area contributed by atoms with E-state index in [4.69, 9.17) is 4.74 Å². The lowest BCUT2D eigenvalue weighted by Gasteiger charge is -2.33. The van der Waals surface area contributed by atoms with Crippen LogP contribution in [0.3, 0.4) is 0 Å². The molecule has 1 heterocycles. The van der Waals surface area contributed by atoms with E-state index in [0.717, 1.165) is 37.2 Å². The van der Waals surface area contributed by atoms with Gasteiger partial charge in [-0.05, 0) is 69.2 Å². The van der Waals surface area contributed by atoms with Gasteiger partial charge in [-0.1, -0.05) is 56.0 Å². The van der Waals surface area contributed by atoms with E-state index < -0.39 is 6.10 Å². The minimum absolute atomic E-state index is 0.0699. The Morgan fingerprint density at radius 2 is 1.82 bits per heavy atom. The third-order valence-electron chi connectivity index (χ3n) is 7.08. The smallest absolute Gasteiger partial charge is 0.268 e. The van der Waals surface area contributed by atoms with Crippen molar-refractivity contribution in [1.82, 2.24) is 0 Å². The molecule has 0 spiro atoms. The highest BCUT2D eigenvalue weighted by Gasteiger charge is 2.32. The van der Waals surface area contributed by atoms with Gasteiger partial charge in [0.1, 0.15) is 5.75 Å². The molecule has 1 unspecified atom stereocenters. The number of hydrogen-bond acceptors (Lipinski definition) is 3. The number of amides is 2. The van der Waals surface area contributed by atoms with Crippen LogP contribution in [0.4, 0.5) is 11.4 Å². The summed E-state index contributed by atoms with van der Waals surface area (Å²) in [6.45, 7) is 6.53. The molecule has 176 valence electrons. The fourth-order valence-corrected chi connectivity index (χ4v) is 4.97. The van der Waals surface area contributed by atoms with E-state index in [9.17, 15) is 9.59 Å². The van der Waals surface area contributed by atoms with Crippen LogP contribution < -0.4 is 15.0 Å². The average Bonchev–Trinajstić information content (AvgIpc) is 2.82. The number of carbonyl (C=O) groups is 2. The molecule has 1 atom stereocenters. The van der Waals surface area contributed by atoms with Gasteiger partial charge >= 0.3 is 0 Å². The van der Waals surface area contributed by atoms with Gasteiger partial charge in [0, 0.05) is 11.6 Å². The molecular weight excluding hydrogens is 412 g/mol. The van der Waals surface area contributed by atoms with Crippen LogP contribution in [0.2, 0.25) is 0 Å². The first-order chi connectivity index (χ1) is 15.9. The van der Waals surface area contributed by atoms with Crippen LogP contribution in [0, 0.1) is 18.8 Å². The van der Waals surface area contributed by atoms with E-state index in [0.29, 0.717) is 23.7 Å². The Hall–Kier alpha value is -2.82. The molecule has 1 N–H and O–H groups in total. The number of fused-ring (bicyclic) bond motifs is 1. The molecule has 4 rings (SSSR count). The Kier molecular flexibility index (Phi) is 7.36. The second kappa shape index (κ2) is 10.4. The first-order valence-electron chi connectivity index (χ1n) is 12.4. The van der Waals surface area contributed by atoms with Crippen LogP contribution in [0.1, 0.15) is 69.9 Å². The van der Waals surface area contributed by atoms with Crippen molar-refractivity contribution in [2.45, 2.75) is 78.4 Å². The molecule has 2 aromatic carbocycles. The lowest BCUT2D eigenvalue weighted by atomic mass is 9.79. The summed E-state index contributed by atoms with van der Waals surface area (Å²) in [6.07, 6.45) is 7.50. The standard InChI is InChI=1S/C28H36N2O3/c1-4-5-6-21-11-13-23(14-12-21)27(31)29-24-15-16-26-25(17-24)30(28(32)20(3)33-26)18-22-9-7-19(2)8-10-22/h7-10,15-17,20-21,23H,4-6,11-14,18H2,1-3H3,(H,29,31). The number of unbranched alkanes of at least 4 members (excludes halogenated alkanes) is 1. The molecule has 0 radical (unpaired) electrons. The summed E-state index contributed by atoms with van der Waals surface area (Å²) in [7, 11) is 0. The minimum atomic E-state index is -0.536. The van der Waals surface area contributed by atoms with Crippen LogP contribution in [0.25, 0.3) is 0 Å². The molecule has 1 fully saturated rings. The summed E-state index contributed by atoms with van der Waals surface area (Å²) in [5, 5.41) is 3.11. The highest BCUT2D eigenvalue weighted by molar-refractivity contribution is 6.01. The van der Waals surface area contributed by atoms with E-state index in [1.165, 1.54) is 24.8 Å². The van der Waals surface area contributed by atoms with E-state index >= 15 is 0 Å². The van der Waals surface area contributed by atoms with Crippen LogP contribution >= 0.6 is 0 Å². The zero-order valence-electron chi connectivity index (χ0n) is 20.1. The SMILES string of the molecule is CCCCC1CCC(C(=O)Nc2ccc3c(c2)N(Cc2ccc(C)cc2)C(=O)C(C)O3)CC1. The predicted molar refractivity (Wildman–Crippen MR) is 133 cm³/mol. The fraction of sp³-hybridized carbons (Fsp3) is 0.500. The second-order valence-corrected chi connectivity index (χ2v) is 9.70. The maximum Gasteiger partial charge on any atom is 0.268 e. The summed E-state index contributed by atoms with van der Waals surface area (Å²) in [5.41, 5.74) is 3.67. The van der Waals surface area contributed by atoms with Crippen molar-refractivity contribution >= 4 is 23.2 Å². The van der Waals surface area contributed by atoms with E-state index in [1.807, 2.05) is 37.3 Å². The van der Waals surface area contributed by atoms with Gasteiger partial charge in [-0.3, -0.25) is 9.59 Å². The van der Waals surface area contributed by atoms with Crippen molar-refractivity contribution in [1.29, 1.82) is 0 Å². The maximum atomic E-state index is 13.0. The Bertz CT molecular complexity index is 977. The third kappa shape index (κ3) is 5.58. The van der Waals surface area contributed by atoms with Gasteiger partial charge in [-0.2, -0.15) is 0 Å². The lowest BCUT2D eigenvalue weighted by Crippen LogP contribution is -2.44. The third-order valence-corrected chi connectivity index (χ3v) is 7.08. The molecule has 2 amide bonds. The molecule has 0 saturated heterocycles. The van der Waals surface area contributed by atoms with Crippen LogP contribution in [0.15, 0.2) is 42.5 Å². The number of ether oxygens (including phenoxy) is 1. The molecule has 1 aliphatic heterocycles. The molecule has 1 saturated carbocycles. The Balaban J connectivity index is 1.46. The fourth-order valence-electron chi connectivity index (χ4n) is 4.97. The zero-order valence-corrected chi connectivity index (χ0v) is 20.1. The number of carbonyl (C=O) groups excluding carboxylic acids is 2. The van der Waals surface area contributed by atoms with Crippen molar-refractivity contribution in [3.63, 3.8) is 0 Å². The van der Waals surface area contributed by atoms with Gasteiger partial charge in [0.05, 0.1) is 12.2 Å². The Morgan fingerprint density at radius 1 is 1.09 bits per heavy atom. The molecule has 2 aliphatic rings. The van der Waals surface area contributed by atoms with Crippen LogP contribution in [-0.2, 0) is 16.1 Å². The van der Waals surface area contributed by atoms with Crippen molar-refractivity contribution in [3.8, 4) is 5.75 Å². The number of aryl methyl sites for hydroxylation is 1. The minimum Gasteiger partial charge on any atom is -0.479 e. The molecule has 0 bridgehead atoms. The average molecular weight is 449 g/mol. The molecular formula is C28H36N2O3. The van der Waals surface area contributed by atoms with Gasteiger partial charge < -0.3 is 15.0 Å². The largest absolute Gasteiger partial charge is 0.479 e. The van der Waals surface area contributed by atoms with Crippen molar-refractivity contribution < 1.29 is 14.3 Å². The van der Waals surface area contributed by atoms with E-state index in [2.05, 4.69) is 24.4 Å². The van der Waals surface area contributed by atoms with Crippen molar-refractivity contribution in [2.75, 3.05) is 10.2 Å². The monoisotopic (exact) mass is 448 g/mol. The molecule has 0 aromatic heterocycles. The number of benzene rings is 2. The van der Waals surface area contributed by atoms with Gasteiger partial charge in [0.25, 0.3) is 5.91 Å². The van der Waals surface area contributed by atoms with Gasteiger partial charge in [0.2, 0.25) is 5.91 Å². The first kappa shape index (κ1) is 23.3. The van der Waals surface area contributed by atoms with Gasteiger partial charge in [-0.25, -0.2) is 0 Å². The molecule has 33 heavy (non-hydrogen) atoms. The predicted octanol–water partition coefficient (Wildman–Crippen LogP) is 6.24. The van der Waals surface area contributed by atoms with Crippen molar-refractivity contribution in [3.05, 3.63) is 53.6 Å². The first-order valence-corrected chi connectivity index (χ1v) is 12.4. The summed E-state index contributed by atoms with van der Waals surface area (Å²) >= 11 is 0. The van der Waals surface area contributed by atoms with Crippen molar-refractivity contribution in [2.24, 2.45) is 11.8 Å². The number of rotatable bonds is 7. The van der Waals surface area contributed by atoms with Crippen LogP contribution in [0.5, 0.6) is 5.75 Å². The summed E-state index contributed by atoms with van der Waals surface area (Å²) in [5.74, 6) is 1.53. The molecule has 5 heteroatoms. The normalized spacial score (nSPS) is 22.5. The van der Waals surface area contributed by atoms with Crippen LogP contribution in [-0.4, -0.2) is 17.9 Å². The number of anilines is 2. The summed E-state index contributed by atoms with van der Waals surface area (Å²) in [6, 6.07) is 13.8. The highest BCUT2D eigenvalue weighted by atomic mass is 16.5. The maximum absolute atomic E-state index is 13.0. The highest BCUT2D eigenvalue weighted by Crippen LogP contribution is 2.38. The molecule has 1 aliphatic carbocycles. The Morgan fingerprint density at radius 3 is 2.52 bits per heavy atom. The van der Waals surface area contributed by atoms with E-state index in [1.54, 1.807) is 11.8 Å². The lowest BCUT2D eigenvalue weighted by molar-refractivity contribution is -0.125.